The van der Waals surface area contributed by atoms with E-state index in [2.05, 4.69) is 44.0 Å². The Morgan fingerprint density at radius 1 is 1.22 bits per heavy atom. The normalized spacial score (nSPS) is 25.0. The Morgan fingerprint density at radius 3 is 2.78 bits per heavy atom. The van der Waals surface area contributed by atoms with Gasteiger partial charge in [0.25, 0.3) is 5.56 Å². The number of rotatable bonds is 3. The van der Waals surface area contributed by atoms with Gasteiger partial charge in [0.2, 0.25) is 5.95 Å². The molecule has 1 aliphatic carbocycles. The predicted molar refractivity (Wildman–Crippen MR) is 109 cm³/mol. The molecule has 7 heteroatoms. The van der Waals surface area contributed by atoms with Crippen molar-refractivity contribution in [3.63, 3.8) is 0 Å². The lowest BCUT2D eigenvalue weighted by atomic mass is 9.93. The molecule has 3 atom stereocenters. The fourth-order valence-corrected chi connectivity index (χ4v) is 4.19. The summed E-state index contributed by atoms with van der Waals surface area (Å²) < 4.78 is 7.65. The molecule has 0 aromatic carbocycles. The van der Waals surface area contributed by atoms with Gasteiger partial charge in [0, 0.05) is 54.9 Å². The Labute approximate surface area is 166 Å². The highest BCUT2D eigenvalue weighted by Gasteiger charge is 2.32. The molecule has 2 aromatic heterocycles. The molecule has 2 aromatic rings. The molecule has 2 aliphatic rings. The van der Waals surface area contributed by atoms with Crippen molar-refractivity contribution in [2.75, 3.05) is 24.6 Å². The summed E-state index contributed by atoms with van der Waals surface area (Å²) in [6, 6.07) is 5.30. The number of hydrogen-bond donors (Lipinski definition) is 0. The lowest BCUT2D eigenvalue weighted by Crippen LogP contribution is -2.49. The van der Waals surface area contributed by atoms with Crippen LogP contribution in [0, 0.1) is 5.92 Å². The van der Waals surface area contributed by atoms with E-state index in [0.29, 0.717) is 31.3 Å². The minimum atomic E-state index is -0.0753. The van der Waals surface area contributed by atoms with Crippen LogP contribution in [0.2, 0.25) is 0 Å². The van der Waals surface area contributed by atoms with Crippen LogP contribution in [-0.2, 0) is 11.8 Å². The summed E-state index contributed by atoms with van der Waals surface area (Å²) in [6.45, 7) is 1.99. The maximum Gasteiger partial charge on any atom is 0.255 e. The molecule has 3 heterocycles. The highest BCUT2D eigenvalue weighted by atomic mass is 79.9. The Kier molecular flexibility index (Phi) is 5.22. The quantitative estimate of drug-likeness (QED) is 0.702. The second kappa shape index (κ2) is 7.78. The number of anilines is 1. The minimum Gasteiger partial charge on any atom is -0.374 e. The number of aromatic nitrogens is 3. The van der Waals surface area contributed by atoms with E-state index in [4.69, 9.17) is 9.72 Å². The van der Waals surface area contributed by atoms with Gasteiger partial charge in [-0.25, -0.2) is 4.98 Å². The van der Waals surface area contributed by atoms with Crippen molar-refractivity contribution in [1.29, 1.82) is 0 Å². The van der Waals surface area contributed by atoms with E-state index in [0.717, 1.165) is 5.56 Å². The third-order valence-electron chi connectivity index (χ3n) is 5.00. The molecule has 1 aliphatic heterocycles. The average Bonchev–Trinajstić information content (AvgIpc) is 2.71. The first kappa shape index (κ1) is 18.1. The Balaban J connectivity index is 1.64. The Hall–Kier alpha value is -2.25. The smallest absolute Gasteiger partial charge is 0.255 e. The molecular weight excluding hydrogens is 408 g/mol. The van der Waals surface area contributed by atoms with Gasteiger partial charge in [-0.3, -0.25) is 14.3 Å². The zero-order chi connectivity index (χ0) is 18.8. The molecule has 0 N–H and O–H groups in total. The number of allylic oxidation sites excluding steroid dienone is 3. The van der Waals surface area contributed by atoms with Crippen molar-refractivity contribution in [1.82, 2.24) is 14.5 Å². The Bertz CT molecular complexity index is 925. The third-order valence-corrected chi connectivity index (χ3v) is 5.92. The maximum atomic E-state index is 12.5. The third kappa shape index (κ3) is 3.75. The molecule has 27 heavy (non-hydrogen) atoms. The van der Waals surface area contributed by atoms with Crippen LogP contribution in [-0.4, -0.2) is 45.2 Å². The van der Waals surface area contributed by atoms with Crippen molar-refractivity contribution in [2.24, 2.45) is 13.0 Å². The number of ether oxygens (including phenoxy) is 1. The second-order valence-electron chi connectivity index (χ2n) is 6.72. The van der Waals surface area contributed by atoms with Crippen molar-refractivity contribution in [2.45, 2.75) is 10.9 Å². The van der Waals surface area contributed by atoms with Crippen LogP contribution >= 0.6 is 15.9 Å². The molecule has 6 nitrogen and oxygen atoms in total. The number of pyridine rings is 1. The molecule has 4 rings (SSSR count). The number of alkyl halides is 1. The van der Waals surface area contributed by atoms with E-state index in [1.165, 1.54) is 0 Å². The van der Waals surface area contributed by atoms with Gasteiger partial charge in [0.15, 0.2) is 0 Å². The van der Waals surface area contributed by atoms with E-state index in [1.807, 2.05) is 18.2 Å². The summed E-state index contributed by atoms with van der Waals surface area (Å²) in [4.78, 5) is 23.7. The molecule has 0 saturated carbocycles. The fraction of sp³-hybridized carbons (Fsp3) is 0.350. The van der Waals surface area contributed by atoms with Gasteiger partial charge < -0.3 is 9.64 Å². The van der Waals surface area contributed by atoms with Crippen LogP contribution in [0.4, 0.5) is 5.95 Å². The van der Waals surface area contributed by atoms with Crippen LogP contribution in [0.5, 0.6) is 0 Å². The number of hydrogen-bond acceptors (Lipinski definition) is 5. The van der Waals surface area contributed by atoms with Gasteiger partial charge in [-0.15, -0.1) is 0 Å². The van der Waals surface area contributed by atoms with Crippen LogP contribution in [0.3, 0.4) is 0 Å². The summed E-state index contributed by atoms with van der Waals surface area (Å²) >= 11 is 3.72. The van der Waals surface area contributed by atoms with Gasteiger partial charge >= 0.3 is 0 Å². The molecule has 0 radical (unpaired) electrons. The van der Waals surface area contributed by atoms with E-state index in [9.17, 15) is 4.79 Å². The van der Waals surface area contributed by atoms with Crippen molar-refractivity contribution in [3.05, 3.63) is 65.3 Å². The van der Waals surface area contributed by atoms with Gasteiger partial charge in [-0.1, -0.05) is 40.2 Å². The molecule has 140 valence electrons. The first-order valence-electron chi connectivity index (χ1n) is 8.97. The van der Waals surface area contributed by atoms with Crippen LogP contribution in [0.1, 0.15) is 0 Å². The fourth-order valence-electron chi connectivity index (χ4n) is 3.50. The van der Waals surface area contributed by atoms with Gasteiger partial charge in [0.1, 0.15) is 0 Å². The molecule has 1 fully saturated rings. The van der Waals surface area contributed by atoms with E-state index in [1.54, 1.807) is 30.1 Å². The first-order valence-corrected chi connectivity index (χ1v) is 9.89. The summed E-state index contributed by atoms with van der Waals surface area (Å²) in [6.07, 6.45) is 11.8. The van der Waals surface area contributed by atoms with E-state index >= 15 is 0 Å². The molecule has 0 bridgehead atoms. The number of halogens is 1. The lowest BCUT2D eigenvalue weighted by molar-refractivity contribution is 0.0155. The van der Waals surface area contributed by atoms with Gasteiger partial charge in [-0.05, 0) is 12.1 Å². The minimum absolute atomic E-state index is 0.0332. The molecule has 0 amide bonds. The van der Waals surface area contributed by atoms with E-state index in [-0.39, 0.29) is 22.4 Å². The highest BCUT2D eigenvalue weighted by molar-refractivity contribution is 9.09. The van der Waals surface area contributed by atoms with Crippen molar-refractivity contribution < 1.29 is 4.74 Å². The monoisotopic (exact) mass is 428 g/mol. The van der Waals surface area contributed by atoms with Gasteiger partial charge in [-0.2, -0.15) is 0 Å². The summed E-state index contributed by atoms with van der Waals surface area (Å²) in [5.74, 6) is 0.919. The highest BCUT2D eigenvalue weighted by Crippen LogP contribution is 2.28. The number of nitrogens with zero attached hydrogens (tertiary/aromatic N) is 4. The standard InChI is InChI=1S/C20H21BrN4O2/c1-24-19(26)12-17(14-6-8-22-9-7-14)23-20(24)25-10-11-27-18(13-25)15-4-2-3-5-16(15)21/h2-9,12,15-16,18H,10-11,13H2,1H3/t15?,16?,18-/m0/s1. The first-order chi connectivity index (χ1) is 13.1. The molecule has 1 saturated heterocycles. The lowest BCUT2D eigenvalue weighted by Gasteiger charge is -2.38. The van der Waals surface area contributed by atoms with Gasteiger partial charge in [0.05, 0.1) is 18.4 Å². The molecular formula is C20H21BrN4O2. The summed E-state index contributed by atoms with van der Waals surface area (Å²) in [7, 11) is 1.77. The van der Waals surface area contributed by atoms with Crippen LogP contribution < -0.4 is 10.5 Å². The predicted octanol–water partition coefficient (Wildman–Crippen LogP) is 2.55. The topological polar surface area (TPSA) is 60.2 Å². The zero-order valence-electron chi connectivity index (χ0n) is 15.0. The second-order valence-corrected chi connectivity index (χ2v) is 7.78. The maximum absolute atomic E-state index is 12.5. The average molecular weight is 429 g/mol. The SMILES string of the molecule is Cn1c(N2CCO[C@H](C3C=CC=CC3Br)C2)nc(-c2ccncc2)cc1=O. The van der Waals surface area contributed by atoms with Crippen LogP contribution in [0.15, 0.2) is 59.7 Å². The van der Waals surface area contributed by atoms with E-state index < -0.39 is 0 Å². The van der Waals surface area contributed by atoms with Crippen LogP contribution in [0.25, 0.3) is 11.3 Å². The number of morpholine rings is 1. The summed E-state index contributed by atoms with van der Waals surface area (Å²) in [5, 5.41) is 0. The summed E-state index contributed by atoms with van der Waals surface area (Å²) in [5.41, 5.74) is 1.47. The largest absolute Gasteiger partial charge is 0.374 e. The Morgan fingerprint density at radius 2 is 2.00 bits per heavy atom. The molecule has 2 unspecified atom stereocenters. The van der Waals surface area contributed by atoms with Crippen molar-refractivity contribution in [3.8, 4) is 11.3 Å². The zero-order valence-corrected chi connectivity index (χ0v) is 16.6. The van der Waals surface area contributed by atoms with Crippen molar-refractivity contribution >= 4 is 21.9 Å². The molecule has 0 spiro atoms.